The maximum absolute atomic E-state index is 11.7. The average molecular weight is 275 g/mol. The Morgan fingerprint density at radius 1 is 1.15 bits per heavy atom. The van der Waals surface area contributed by atoms with Crippen LogP contribution in [0.5, 0.6) is 0 Å². The summed E-state index contributed by atoms with van der Waals surface area (Å²) < 4.78 is 0. The Kier molecular flexibility index (Phi) is 4.77. The third-order valence-electron chi connectivity index (χ3n) is 4.11. The monoisotopic (exact) mass is 275 g/mol. The molecule has 2 N–H and O–H groups in total. The Morgan fingerprint density at radius 2 is 1.75 bits per heavy atom. The van der Waals surface area contributed by atoms with Crippen LogP contribution >= 0.6 is 0 Å². The van der Waals surface area contributed by atoms with Gasteiger partial charge in [0.15, 0.2) is 0 Å². The smallest absolute Gasteiger partial charge is 0.315 e. The number of carboxylic acid groups (broad SMARTS) is 1. The number of hydrogen-bond acceptors (Lipinski definition) is 2. The number of amides is 1. The van der Waals surface area contributed by atoms with Crippen molar-refractivity contribution in [1.29, 1.82) is 0 Å². The fourth-order valence-electron chi connectivity index (χ4n) is 2.73. The normalized spacial score (nSPS) is 23.9. The molecule has 2 rings (SSSR count). The van der Waals surface area contributed by atoms with E-state index in [1.165, 1.54) is 12.5 Å². The van der Waals surface area contributed by atoms with Crippen LogP contribution in [0.2, 0.25) is 0 Å². The molecule has 1 aliphatic rings. The quantitative estimate of drug-likeness (QED) is 0.830. The zero-order chi connectivity index (χ0) is 14.5. The number of benzene rings is 1. The molecule has 0 bridgehead atoms. The first-order chi connectivity index (χ1) is 9.58. The largest absolute Gasteiger partial charge is 0.481 e. The molecule has 4 heteroatoms. The Labute approximate surface area is 119 Å². The van der Waals surface area contributed by atoms with Crippen molar-refractivity contribution >= 4 is 11.9 Å². The van der Waals surface area contributed by atoms with Gasteiger partial charge < -0.3 is 10.4 Å². The third-order valence-corrected chi connectivity index (χ3v) is 4.11. The van der Waals surface area contributed by atoms with Crippen LogP contribution < -0.4 is 5.32 Å². The van der Waals surface area contributed by atoms with Crippen LogP contribution in [0, 0.1) is 5.92 Å². The van der Waals surface area contributed by atoms with E-state index in [-0.39, 0.29) is 11.9 Å². The van der Waals surface area contributed by atoms with Crippen molar-refractivity contribution in [3.05, 3.63) is 35.9 Å². The van der Waals surface area contributed by atoms with E-state index >= 15 is 0 Å². The van der Waals surface area contributed by atoms with Crippen molar-refractivity contribution in [2.24, 2.45) is 5.92 Å². The second-order valence-corrected chi connectivity index (χ2v) is 5.53. The molecule has 1 atom stereocenters. The van der Waals surface area contributed by atoms with Gasteiger partial charge in [0.25, 0.3) is 0 Å². The minimum absolute atomic E-state index is 0.115. The van der Waals surface area contributed by atoms with Crippen LogP contribution in [0.3, 0.4) is 0 Å². The van der Waals surface area contributed by atoms with Gasteiger partial charge in [0.2, 0.25) is 5.91 Å². The summed E-state index contributed by atoms with van der Waals surface area (Å²) in [6.07, 6.45) is 3.90. The Balaban J connectivity index is 1.83. The molecule has 0 aromatic heterocycles. The van der Waals surface area contributed by atoms with E-state index in [0.717, 1.165) is 25.7 Å². The number of aliphatic carboxylic acids is 1. The molecule has 1 amide bonds. The number of rotatable bonds is 4. The number of carbonyl (C=O) groups is 2. The van der Waals surface area contributed by atoms with Crippen LogP contribution in [0.25, 0.3) is 0 Å². The van der Waals surface area contributed by atoms with Crippen LogP contribution in [-0.4, -0.2) is 23.0 Å². The summed E-state index contributed by atoms with van der Waals surface area (Å²) >= 11 is 0. The first-order valence-electron chi connectivity index (χ1n) is 7.16. The van der Waals surface area contributed by atoms with Crippen molar-refractivity contribution in [2.75, 3.05) is 0 Å². The SMILES string of the molecule is CC(C(=O)O)C(=O)NC1CCC(c2ccccc2)CC1. The number of carboxylic acids is 1. The number of nitrogens with one attached hydrogen (secondary N) is 1. The summed E-state index contributed by atoms with van der Waals surface area (Å²) in [7, 11) is 0. The summed E-state index contributed by atoms with van der Waals surface area (Å²) in [4.78, 5) is 22.5. The molecule has 108 valence electrons. The molecular formula is C16H21NO3. The fourth-order valence-corrected chi connectivity index (χ4v) is 2.73. The lowest BCUT2D eigenvalue weighted by atomic mass is 9.81. The van der Waals surface area contributed by atoms with Crippen molar-refractivity contribution in [3.63, 3.8) is 0 Å². The highest BCUT2D eigenvalue weighted by molar-refractivity contribution is 5.96. The highest BCUT2D eigenvalue weighted by Crippen LogP contribution is 2.32. The maximum Gasteiger partial charge on any atom is 0.315 e. The van der Waals surface area contributed by atoms with Gasteiger partial charge in [-0.05, 0) is 44.1 Å². The van der Waals surface area contributed by atoms with Crippen LogP contribution in [0.15, 0.2) is 30.3 Å². The predicted molar refractivity (Wildman–Crippen MR) is 76.4 cm³/mol. The number of hydrogen-bond donors (Lipinski definition) is 2. The molecule has 1 aromatic rings. The second-order valence-electron chi connectivity index (χ2n) is 5.53. The molecule has 0 radical (unpaired) electrons. The van der Waals surface area contributed by atoms with Gasteiger partial charge in [-0.3, -0.25) is 9.59 Å². The minimum Gasteiger partial charge on any atom is -0.481 e. The van der Waals surface area contributed by atoms with Gasteiger partial charge >= 0.3 is 5.97 Å². The van der Waals surface area contributed by atoms with E-state index in [0.29, 0.717) is 5.92 Å². The van der Waals surface area contributed by atoms with Gasteiger partial charge in [-0.2, -0.15) is 0 Å². The molecule has 20 heavy (non-hydrogen) atoms. The fraction of sp³-hybridized carbons (Fsp3) is 0.500. The third kappa shape index (κ3) is 3.59. The van der Waals surface area contributed by atoms with Gasteiger partial charge in [-0.1, -0.05) is 30.3 Å². The Morgan fingerprint density at radius 3 is 2.30 bits per heavy atom. The topological polar surface area (TPSA) is 66.4 Å². The molecule has 0 heterocycles. The average Bonchev–Trinajstić information content (AvgIpc) is 2.48. The summed E-state index contributed by atoms with van der Waals surface area (Å²) in [6, 6.07) is 10.5. The molecule has 0 saturated heterocycles. The highest BCUT2D eigenvalue weighted by Gasteiger charge is 2.27. The summed E-state index contributed by atoms with van der Waals surface area (Å²) in [5.41, 5.74) is 1.36. The van der Waals surface area contributed by atoms with E-state index in [1.807, 2.05) is 6.07 Å². The van der Waals surface area contributed by atoms with Crippen molar-refractivity contribution in [3.8, 4) is 0 Å². The van der Waals surface area contributed by atoms with E-state index in [4.69, 9.17) is 5.11 Å². The van der Waals surface area contributed by atoms with E-state index < -0.39 is 11.9 Å². The maximum atomic E-state index is 11.7. The summed E-state index contributed by atoms with van der Waals surface area (Å²) in [5, 5.41) is 11.7. The molecule has 0 spiro atoms. The first-order valence-corrected chi connectivity index (χ1v) is 7.16. The molecule has 1 aliphatic carbocycles. The molecule has 4 nitrogen and oxygen atoms in total. The lowest BCUT2D eigenvalue weighted by Crippen LogP contribution is -2.42. The van der Waals surface area contributed by atoms with Crippen molar-refractivity contribution in [2.45, 2.75) is 44.6 Å². The van der Waals surface area contributed by atoms with Gasteiger partial charge in [0, 0.05) is 6.04 Å². The van der Waals surface area contributed by atoms with Gasteiger partial charge in [-0.25, -0.2) is 0 Å². The van der Waals surface area contributed by atoms with Gasteiger partial charge in [0.1, 0.15) is 5.92 Å². The van der Waals surface area contributed by atoms with Crippen LogP contribution in [0.4, 0.5) is 0 Å². The molecule has 1 aromatic carbocycles. The van der Waals surface area contributed by atoms with E-state index in [2.05, 4.69) is 29.6 Å². The van der Waals surface area contributed by atoms with Gasteiger partial charge in [0.05, 0.1) is 0 Å². The Bertz CT molecular complexity index is 464. The highest BCUT2D eigenvalue weighted by atomic mass is 16.4. The van der Waals surface area contributed by atoms with Gasteiger partial charge in [-0.15, -0.1) is 0 Å². The minimum atomic E-state index is -1.07. The zero-order valence-electron chi connectivity index (χ0n) is 11.7. The van der Waals surface area contributed by atoms with E-state index in [1.54, 1.807) is 0 Å². The van der Waals surface area contributed by atoms with Crippen molar-refractivity contribution in [1.82, 2.24) is 5.32 Å². The standard InChI is InChI=1S/C16H21NO3/c1-11(16(19)20)15(18)17-14-9-7-13(8-10-14)12-5-3-2-4-6-12/h2-6,11,13-14H,7-10H2,1H3,(H,17,18)(H,19,20). The lowest BCUT2D eigenvalue weighted by molar-refractivity contribution is -0.146. The Hall–Kier alpha value is -1.84. The van der Waals surface area contributed by atoms with Crippen LogP contribution in [0.1, 0.15) is 44.1 Å². The molecule has 0 aliphatic heterocycles. The van der Waals surface area contributed by atoms with Crippen LogP contribution in [-0.2, 0) is 9.59 Å². The van der Waals surface area contributed by atoms with Crippen molar-refractivity contribution < 1.29 is 14.7 Å². The summed E-state index contributed by atoms with van der Waals surface area (Å²) in [6.45, 7) is 1.42. The van der Waals surface area contributed by atoms with E-state index in [9.17, 15) is 9.59 Å². The zero-order valence-corrected chi connectivity index (χ0v) is 11.7. The summed E-state index contributed by atoms with van der Waals surface area (Å²) in [5.74, 6) is -1.86. The number of carbonyl (C=O) groups excluding carboxylic acids is 1. The second kappa shape index (κ2) is 6.55. The first kappa shape index (κ1) is 14.6. The molecule has 1 saturated carbocycles. The lowest BCUT2D eigenvalue weighted by Gasteiger charge is -2.29. The predicted octanol–water partition coefficient (Wildman–Crippen LogP) is 2.55. The molecule has 1 unspecified atom stereocenters. The molecular weight excluding hydrogens is 254 g/mol. The molecule has 1 fully saturated rings.